The second-order valence-corrected chi connectivity index (χ2v) is 7.23. The molecule has 0 saturated carbocycles. The topological polar surface area (TPSA) is 77.0 Å². The van der Waals surface area contributed by atoms with Gasteiger partial charge < -0.3 is 10.1 Å². The quantitative estimate of drug-likeness (QED) is 0.370. The van der Waals surface area contributed by atoms with Gasteiger partial charge in [-0.1, -0.05) is 19.1 Å². The van der Waals surface area contributed by atoms with Gasteiger partial charge in [0.05, 0.1) is 16.8 Å². The molecule has 2 heterocycles. The standard InChI is InChI=1S/C25H19F3N4O2/c1-2-22-29-13-11-21(32-22)20-10-5-12-30-24(20)34-19-9-3-6-16(14-19)23(33)31-18-8-4-7-17(15-18)25(26,27)28/h3-15H,2H2,1H3,(H,31,33). The highest BCUT2D eigenvalue weighted by Gasteiger charge is 2.30. The molecule has 34 heavy (non-hydrogen) atoms. The number of aryl methyl sites for hydroxylation is 1. The van der Waals surface area contributed by atoms with Crippen molar-refractivity contribution in [2.75, 3.05) is 5.32 Å². The number of benzene rings is 2. The number of halogens is 3. The molecule has 1 amide bonds. The molecule has 172 valence electrons. The molecule has 0 aliphatic carbocycles. The van der Waals surface area contributed by atoms with Gasteiger partial charge >= 0.3 is 6.18 Å². The fraction of sp³-hybridized carbons (Fsp3) is 0.120. The zero-order valence-electron chi connectivity index (χ0n) is 18.0. The van der Waals surface area contributed by atoms with Crippen LogP contribution in [-0.2, 0) is 12.6 Å². The molecule has 0 aliphatic heterocycles. The number of hydrogen-bond donors (Lipinski definition) is 1. The number of alkyl halides is 3. The summed E-state index contributed by atoms with van der Waals surface area (Å²) in [5, 5.41) is 2.48. The molecular formula is C25H19F3N4O2. The van der Waals surface area contributed by atoms with Crippen molar-refractivity contribution in [3.05, 3.63) is 96.1 Å². The third kappa shape index (κ3) is 5.37. The van der Waals surface area contributed by atoms with E-state index in [1.807, 2.05) is 13.0 Å². The molecule has 0 saturated heterocycles. The van der Waals surface area contributed by atoms with Gasteiger partial charge in [-0.05, 0) is 54.6 Å². The van der Waals surface area contributed by atoms with Gasteiger partial charge in [-0.2, -0.15) is 13.2 Å². The van der Waals surface area contributed by atoms with Gasteiger partial charge in [0, 0.05) is 30.1 Å². The predicted molar refractivity (Wildman–Crippen MR) is 121 cm³/mol. The Kier molecular flexibility index (Phi) is 6.53. The monoisotopic (exact) mass is 464 g/mol. The Labute approximate surface area is 193 Å². The summed E-state index contributed by atoms with van der Waals surface area (Å²) in [6.07, 6.45) is -0.592. The number of anilines is 1. The van der Waals surface area contributed by atoms with E-state index < -0.39 is 17.6 Å². The second-order valence-electron chi connectivity index (χ2n) is 7.23. The van der Waals surface area contributed by atoms with E-state index in [0.29, 0.717) is 35.1 Å². The van der Waals surface area contributed by atoms with Crippen LogP contribution in [0.2, 0.25) is 0 Å². The van der Waals surface area contributed by atoms with Crippen LogP contribution in [0.4, 0.5) is 18.9 Å². The summed E-state index contributed by atoms with van der Waals surface area (Å²) in [5.74, 6) is 0.732. The number of pyridine rings is 1. The van der Waals surface area contributed by atoms with Crippen LogP contribution in [0.15, 0.2) is 79.1 Å². The van der Waals surface area contributed by atoms with Crippen LogP contribution >= 0.6 is 0 Å². The van der Waals surface area contributed by atoms with Crippen molar-refractivity contribution < 1.29 is 22.7 Å². The third-order valence-electron chi connectivity index (χ3n) is 4.83. The number of rotatable bonds is 6. The lowest BCUT2D eigenvalue weighted by molar-refractivity contribution is -0.137. The maximum absolute atomic E-state index is 12.9. The smallest absolute Gasteiger partial charge is 0.416 e. The fourth-order valence-electron chi connectivity index (χ4n) is 3.18. The van der Waals surface area contributed by atoms with Crippen molar-refractivity contribution in [2.24, 2.45) is 0 Å². The second kappa shape index (κ2) is 9.70. The highest BCUT2D eigenvalue weighted by atomic mass is 19.4. The van der Waals surface area contributed by atoms with Gasteiger partial charge in [-0.25, -0.2) is 15.0 Å². The first-order chi connectivity index (χ1) is 16.3. The lowest BCUT2D eigenvalue weighted by atomic mass is 10.1. The van der Waals surface area contributed by atoms with Gasteiger partial charge in [-0.3, -0.25) is 4.79 Å². The average Bonchev–Trinajstić information content (AvgIpc) is 2.84. The van der Waals surface area contributed by atoms with E-state index in [1.54, 1.807) is 36.7 Å². The maximum Gasteiger partial charge on any atom is 0.416 e. The maximum atomic E-state index is 12.9. The van der Waals surface area contributed by atoms with Gasteiger partial charge in [0.15, 0.2) is 0 Å². The lowest BCUT2D eigenvalue weighted by Crippen LogP contribution is -2.13. The van der Waals surface area contributed by atoms with Crippen LogP contribution in [0.5, 0.6) is 11.6 Å². The van der Waals surface area contributed by atoms with Crippen LogP contribution < -0.4 is 10.1 Å². The molecule has 2 aromatic heterocycles. The van der Waals surface area contributed by atoms with Gasteiger partial charge in [0.1, 0.15) is 11.6 Å². The minimum Gasteiger partial charge on any atom is -0.438 e. The largest absolute Gasteiger partial charge is 0.438 e. The van der Waals surface area contributed by atoms with E-state index in [9.17, 15) is 18.0 Å². The molecule has 2 aromatic carbocycles. The Morgan fingerprint density at radius 1 is 0.971 bits per heavy atom. The van der Waals surface area contributed by atoms with Gasteiger partial charge in [0.2, 0.25) is 5.88 Å². The first-order valence-corrected chi connectivity index (χ1v) is 10.4. The number of aromatic nitrogens is 3. The van der Waals surface area contributed by atoms with Crippen LogP contribution in [0.3, 0.4) is 0 Å². The molecule has 0 spiro atoms. The molecule has 0 aliphatic rings. The Morgan fingerprint density at radius 3 is 2.59 bits per heavy atom. The van der Waals surface area contributed by atoms with Crippen molar-refractivity contribution in [2.45, 2.75) is 19.5 Å². The van der Waals surface area contributed by atoms with Crippen LogP contribution in [0.25, 0.3) is 11.3 Å². The van der Waals surface area contributed by atoms with E-state index >= 15 is 0 Å². The molecule has 6 nitrogen and oxygen atoms in total. The molecule has 0 radical (unpaired) electrons. The molecule has 0 unspecified atom stereocenters. The van der Waals surface area contributed by atoms with Crippen molar-refractivity contribution in [3.63, 3.8) is 0 Å². The van der Waals surface area contributed by atoms with Crippen LogP contribution in [0, 0.1) is 0 Å². The highest BCUT2D eigenvalue weighted by molar-refractivity contribution is 6.04. The van der Waals surface area contributed by atoms with Crippen molar-refractivity contribution in [1.82, 2.24) is 15.0 Å². The molecule has 1 N–H and O–H groups in total. The Bertz CT molecular complexity index is 1330. The number of nitrogens with zero attached hydrogens (tertiary/aromatic N) is 3. The van der Waals surface area contributed by atoms with Gasteiger partial charge in [0.25, 0.3) is 5.91 Å². The van der Waals surface area contributed by atoms with Crippen LogP contribution in [-0.4, -0.2) is 20.9 Å². The lowest BCUT2D eigenvalue weighted by Gasteiger charge is -2.12. The summed E-state index contributed by atoms with van der Waals surface area (Å²) in [5.41, 5.74) is 0.698. The van der Waals surface area contributed by atoms with Crippen molar-refractivity contribution in [3.8, 4) is 22.9 Å². The summed E-state index contributed by atoms with van der Waals surface area (Å²) in [7, 11) is 0. The normalized spacial score (nSPS) is 11.2. The molecule has 9 heteroatoms. The van der Waals surface area contributed by atoms with Crippen molar-refractivity contribution in [1.29, 1.82) is 0 Å². The Balaban J connectivity index is 1.56. The Morgan fingerprint density at radius 2 is 1.79 bits per heavy atom. The van der Waals surface area contributed by atoms with E-state index in [4.69, 9.17) is 4.74 Å². The summed E-state index contributed by atoms with van der Waals surface area (Å²) in [6.45, 7) is 1.95. The van der Waals surface area contributed by atoms with Gasteiger partial charge in [-0.15, -0.1) is 0 Å². The molecule has 0 atom stereocenters. The highest BCUT2D eigenvalue weighted by Crippen LogP contribution is 2.32. The van der Waals surface area contributed by atoms with E-state index in [1.165, 1.54) is 24.3 Å². The average molecular weight is 464 g/mol. The molecule has 0 bridgehead atoms. The Hall–Kier alpha value is -4.27. The number of carbonyl (C=O) groups is 1. The summed E-state index contributed by atoms with van der Waals surface area (Å²) < 4.78 is 44.8. The first kappa shape index (κ1) is 22.9. The number of nitrogens with one attached hydrogen (secondary N) is 1. The number of amides is 1. The minimum atomic E-state index is -4.50. The molecular weight excluding hydrogens is 445 g/mol. The number of hydrogen-bond acceptors (Lipinski definition) is 5. The van der Waals surface area contributed by atoms with E-state index in [0.717, 1.165) is 12.1 Å². The number of ether oxygens (including phenoxy) is 1. The minimum absolute atomic E-state index is 0.0358. The summed E-state index contributed by atoms with van der Waals surface area (Å²) in [4.78, 5) is 25.7. The van der Waals surface area contributed by atoms with Crippen molar-refractivity contribution >= 4 is 11.6 Å². The van der Waals surface area contributed by atoms with E-state index in [2.05, 4.69) is 20.3 Å². The summed E-state index contributed by atoms with van der Waals surface area (Å²) >= 11 is 0. The van der Waals surface area contributed by atoms with E-state index in [-0.39, 0.29) is 11.3 Å². The summed E-state index contributed by atoms with van der Waals surface area (Å²) in [6, 6.07) is 16.0. The number of carbonyl (C=O) groups excluding carboxylic acids is 1. The zero-order valence-corrected chi connectivity index (χ0v) is 18.0. The molecule has 4 aromatic rings. The first-order valence-electron chi connectivity index (χ1n) is 10.4. The molecule has 4 rings (SSSR count). The molecule has 0 fully saturated rings. The van der Waals surface area contributed by atoms with Crippen LogP contribution in [0.1, 0.15) is 28.7 Å². The fourth-order valence-corrected chi connectivity index (χ4v) is 3.18. The third-order valence-corrected chi connectivity index (χ3v) is 4.83. The predicted octanol–water partition coefficient (Wildman–Crippen LogP) is 6.16. The zero-order chi connectivity index (χ0) is 24.1. The SMILES string of the molecule is CCc1nccc(-c2cccnc2Oc2cccc(C(=O)Nc3cccc(C(F)(F)F)c3)c2)n1.